The third-order valence-corrected chi connectivity index (χ3v) is 13.4. The van der Waals surface area contributed by atoms with Crippen molar-refractivity contribution < 1.29 is 67.7 Å². The highest BCUT2D eigenvalue weighted by Crippen LogP contribution is 2.68. The van der Waals surface area contributed by atoms with Crippen molar-refractivity contribution in [1.29, 1.82) is 0 Å². The van der Waals surface area contributed by atoms with Crippen molar-refractivity contribution in [3.05, 3.63) is 82.4 Å². The number of carbonyl (C=O) groups excluding carboxylic acids is 4. The SMILES string of the molecule is CO[C@H]1C(=O)[C@]2(C)[C@@H](OC)C[C@H]3OC[C@@]3(OC(C)=O)[C@@H]2[C@@H](c2ccccc2C(=O)O)[C@@]2(O)C[C@H](OC(=O)[C@H](O)[C@@H](NC(=O)OC(C)(C)C)c3ccccc3)C(C)=C1C2(C)C. The van der Waals surface area contributed by atoms with Gasteiger partial charge in [0.2, 0.25) is 0 Å². The van der Waals surface area contributed by atoms with E-state index >= 15 is 4.79 Å². The van der Waals surface area contributed by atoms with E-state index in [-0.39, 0.29) is 36.1 Å². The number of nitrogens with one attached hydrogen (secondary N) is 1. The molecule has 2 bridgehead atoms. The molecule has 326 valence electrons. The number of alkyl carbamates (subject to hydrolysis) is 1. The molecule has 0 radical (unpaired) electrons. The Kier molecular flexibility index (Phi) is 12.0. The molecule has 1 saturated heterocycles. The molecule has 4 aliphatic rings. The van der Waals surface area contributed by atoms with E-state index in [4.69, 9.17) is 28.4 Å². The van der Waals surface area contributed by atoms with E-state index in [1.54, 1.807) is 97.0 Å². The molecular weight excluding hydrogens is 778 g/mol. The number of esters is 2. The largest absolute Gasteiger partial charge is 0.478 e. The summed E-state index contributed by atoms with van der Waals surface area (Å²) in [5.74, 6) is -6.18. The number of hydrogen-bond donors (Lipinski definition) is 4. The summed E-state index contributed by atoms with van der Waals surface area (Å²) in [4.78, 5) is 69.2. The molecule has 0 aromatic heterocycles. The fraction of sp³-hybridized carbons (Fsp3) is 0.578. The van der Waals surface area contributed by atoms with Crippen LogP contribution in [0.5, 0.6) is 0 Å². The highest BCUT2D eigenvalue weighted by molar-refractivity contribution is 5.94. The minimum Gasteiger partial charge on any atom is -0.478 e. The Morgan fingerprint density at radius 1 is 0.967 bits per heavy atom. The van der Waals surface area contributed by atoms with Crippen molar-refractivity contribution in [2.75, 3.05) is 20.8 Å². The smallest absolute Gasteiger partial charge is 0.408 e. The first-order valence-electron chi connectivity index (χ1n) is 20.1. The van der Waals surface area contributed by atoms with E-state index in [0.717, 1.165) is 0 Å². The van der Waals surface area contributed by atoms with Gasteiger partial charge in [-0.25, -0.2) is 14.4 Å². The monoisotopic (exact) mass is 835 g/mol. The average Bonchev–Trinajstić information content (AvgIpc) is 3.16. The number of carboxylic acids is 1. The number of ether oxygens (including phenoxy) is 6. The van der Waals surface area contributed by atoms with Gasteiger partial charge in [0.25, 0.3) is 0 Å². The zero-order valence-electron chi connectivity index (χ0n) is 35.8. The van der Waals surface area contributed by atoms with Crippen molar-refractivity contribution in [2.24, 2.45) is 16.7 Å². The Hall–Kier alpha value is -4.67. The molecule has 2 aromatic rings. The van der Waals surface area contributed by atoms with Crippen LogP contribution in [0.2, 0.25) is 0 Å². The zero-order valence-corrected chi connectivity index (χ0v) is 35.8. The second-order valence-corrected chi connectivity index (χ2v) is 18.2. The summed E-state index contributed by atoms with van der Waals surface area (Å²) < 4.78 is 36.1. The summed E-state index contributed by atoms with van der Waals surface area (Å²) >= 11 is 0. The second-order valence-electron chi connectivity index (χ2n) is 18.2. The molecule has 0 spiro atoms. The van der Waals surface area contributed by atoms with E-state index in [1.165, 1.54) is 27.2 Å². The number of methoxy groups -OCH3 is 2. The number of aromatic carboxylic acids is 1. The van der Waals surface area contributed by atoms with Gasteiger partial charge in [0.1, 0.15) is 23.9 Å². The number of amides is 1. The maximum atomic E-state index is 15.7. The number of hydrogen-bond acceptors (Lipinski definition) is 13. The van der Waals surface area contributed by atoms with Gasteiger partial charge in [0, 0.05) is 51.2 Å². The predicted octanol–water partition coefficient (Wildman–Crippen LogP) is 4.82. The van der Waals surface area contributed by atoms with Crippen LogP contribution in [0.15, 0.2) is 65.7 Å². The highest BCUT2D eigenvalue weighted by atomic mass is 16.6. The summed E-state index contributed by atoms with van der Waals surface area (Å²) in [5.41, 5.74) is -6.66. The Balaban J connectivity index is 1.57. The maximum Gasteiger partial charge on any atom is 0.408 e. The number of aliphatic hydroxyl groups is 2. The van der Waals surface area contributed by atoms with Crippen molar-refractivity contribution in [3.63, 3.8) is 0 Å². The normalized spacial score (nSPS) is 33.0. The number of carboxylic acid groups (broad SMARTS) is 1. The van der Waals surface area contributed by atoms with Crippen LogP contribution in [0.3, 0.4) is 0 Å². The molecule has 4 N–H and O–H groups in total. The summed E-state index contributed by atoms with van der Waals surface area (Å²) in [7, 11) is 2.80. The van der Waals surface area contributed by atoms with E-state index in [9.17, 15) is 34.5 Å². The van der Waals surface area contributed by atoms with Crippen LogP contribution in [0, 0.1) is 16.7 Å². The van der Waals surface area contributed by atoms with Gasteiger partial charge in [-0.1, -0.05) is 62.4 Å². The van der Waals surface area contributed by atoms with Gasteiger partial charge >= 0.3 is 24.0 Å². The first kappa shape index (κ1) is 44.9. The lowest BCUT2D eigenvalue weighted by Crippen LogP contribution is -2.79. The molecule has 3 aliphatic carbocycles. The summed E-state index contributed by atoms with van der Waals surface area (Å²) in [6.45, 7) is 12.8. The lowest BCUT2D eigenvalue weighted by molar-refractivity contribution is -0.334. The molecule has 15 nitrogen and oxygen atoms in total. The van der Waals surface area contributed by atoms with Gasteiger partial charge in [-0.3, -0.25) is 9.59 Å². The Labute approximate surface area is 349 Å². The Bertz CT molecular complexity index is 2060. The lowest BCUT2D eigenvalue weighted by atomic mass is 9.41. The number of aliphatic hydroxyl groups excluding tert-OH is 1. The summed E-state index contributed by atoms with van der Waals surface area (Å²) in [6, 6.07) is 13.1. The Morgan fingerprint density at radius 3 is 2.15 bits per heavy atom. The standard InChI is InChI=1S/C45H57NO14/c1-23-28(58-39(52)34(48)33(25-16-12-11-13-17-25)46-40(53)60-41(3,4)5)21-45(54)32(26-18-14-15-19-27(26)38(50)51)36-43(8,37(49)35(56-10)31(23)42(45,6)7)29(55-9)20-30-44(36,22-57-30)59-24(2)47/h11-19,28-30,32-36,48,54H,20-22H2,1-10H3,(H,46,53)(H,50,51)/t28-,29-,30+,32+,33-,34+,35+,36+,43+,44-,45-/m0/s1. The van der Waals surface area contributed by atoms with Gasteiger partial charge in [-0.15, -0.1) is 0 Å². The van der Waals surface area contributed by atoms with Crippen LogP contribution in [0.4, 0.5) is 4.79 Å². The lowest BCUT2D eigenvalue weighted by Gasteiger charge is -2.69. The molecule has 0 unspecified atom stereocenters. The molecule has 1 amide bonds. The van der Waals surface area contributed by atoms with Gasteiger partial charge in [-0.05, 0) is 63.0 Å². The van der Waals surface area contributed by atoms with Crippen molar-refractivity contribution in [1.82, 2.24) is 5.32 Å². The molecule has 2 aromatic carbocycles. The van der Waals surface area contributed by atoms with Crippen molar-refractivity contribution >= 4 is 29.8 Å². The highest BCUT2D eigenvalue weighted by Gasteiger charge is 2.77. The number of carbonyl (C=O) groups is 5. The van der Waals surface area contributed by atoms with E-state index < -0.39 is 106 Å². The third kappa shape index (κ3) is 7.21. The average molecular weight is 836 g/mol. The molecule has 3 fully saturated rings. The first-order valence-corrected chi connectivity index (χ1v) is 20.1. The molecule has 15 heteroatoms. The number of benzene rings is 2. The van der Waals surface area contributed by atoms with E-state index in [0.29, 0.717) is 11.1 Å². The first-order chi connectivity index (χ1) is 28.0. The molecule has 60 heavy (non-hydrogen) atoms. The maximum absolute atomic E-state index is 15.7. The molecular formula is C45H57NO14. The van der Waals surface area contributed by atoms with Gasteiger partial charge in [0.15, 0.2) is 17.5 Å². The van der Waals surface area contributed by atoms with Crippen LogP contribution in [-0.2, 0) is 42.8 Å². The molecule has 6 rings (SSSR count). The van der Waals surface area contributed by atoms with Crippen molar-refractivity contribution in [2.45, 2.75) is 128 Å². The number of Topliss-reactive ketones (excluding diaryl/α,β-unsaturated/α-hetero) is 1. The molecule has 1 heterocycles. The fourth-order valence-corrected chi connectivity index (χ4v) is 10.6. The van der Waals surface area contributed by atoms with Crippen LogP contribution >= 0.6 is 0 Å². The predicted molar refractivity (Wildman–Crippen MR) is 214 cm³/mol. The minimum atomic E-state index is -2.12. The molecule has 11 atom stereocenters. The van der Waals surface area contributed by atoms with Crippen LogP contribution in [-0.4, -0.2) is 113 Å². The minimum absolute atomic E-state index is 0.129. The zero-order chi connectivity index (χ0) is 44.3. The summed E-state index contributed by atoms with van der Waals surface area (Å²) in [6.07, 6.45) is -7.56. The second kappa shape index (κ2) is 16.0. The Morgan fingerprint density at radius 2 is 1.60 bits per heavy atom. The van der Waals surface area contributed by atoms with E-state index in [1.807, 2.05) is 0 Å². The van der Waals surface area contributed by atoms with Crippen LogP contribution < -0.4 is 5.32 Å². The van der Waals surface area contributed by atoms with Crippen molar-refractivity contribution in [3.8, 4) is 0 Å². The quantitative estimate of drug-likeness (QED) is 0.144. The number of ketones is 1. The van der Waals surface area contributed by atoms with Gasteiger partial charge < -0.3 is 49.1 Å². The molecule has 2 saturated carbocycles. The third-order valence-electron chi connectivity index (χ3n) is 13.4. The van der Waals surface area contributed by atoms with E-state index in [2.05, 4.69) is 5.32 Å². The number of rotatable bonds is 10. The number of fused-ring (bicyclic) bond motifs is 5. The molecule has 1 aliphatic heterocycles. The van der Waals surface area contributed by atoms with Gasteiger partial charge in [-0.2, -0.15) is 0 Å². The van der Waals surface area contributed by atoms with Crippen LogP contribution in [0.25, 0.3) is 0 Å². The van der Waals surface area contributed by atoms with Gasteiger partial charge in [0.05, 0.1) is 35.3 Å². The topological polar surface area (TPSA) is 213 Å². The van der Waals surface area contributed by atoms with Crippen LogP contribution in [0.1, 0.15) is 102 Å². The summed E-state index contributed by atoms with van der Waals surface area (Å²) in [5, 5.41) is 39.0. The fourth-order valence-electron chi connectivity index (χ4n) is 10.6.